The van der Waals surface area contributed by atoms with Gasteiger partial charge in [0, 0.05) is 35.8 Å². The predicted molar refractivity (Wildman–Crippen MR) is 159 cm³/mol. The third-order valence-electron chi connectivity index (χ3n) is 9.78. The topological polar surface area (TPSA) is 101 Å². The molecule has 4 aromatic rings. The molecule has 216 valence electrons. The quantitative estimate of drug-likeness (QED) is 0.284. The summed E-state index contributed by atoms with van der Waals surface area (Å²) in [4.78, 5) is 43.1. The fraction of sp³-hybridized carbons (Fsp3) is 0.364. The number of terminal acetylenes is 1. The van der Waals surface area contributed by atoms with Gasteiger partial charge in [-0.1, -0.05) is 36.3 Å². The summed E-state index contributed by atoms with van der Waals surface area (Å²) in [5.41, 5.74) is 1.35. The van der Waals surface area contributed by atoms with E-state index < -0.39 is 17.7 Å². The molecule has 0 saturated carbocycles. The number of hydrogen-bond donors (Lipinski definition) is 1. The van der Waals surface area contributed by atoms with E-state index in [0.717, 1.165) is 49.5 Å². The first-order chi connectivity index (χ1) is 21.0. The van der Waals surface area contributed by atoms with E-state index in [1.807, 2.05) is 35.2 Å². The molecule has 0 radical (unpaired) electrons. The molecular formula is C33H29FN6O3. The van der Waals surface area contributed by atoms with Crippen LogP contribution in [0.3, 0.4) is 0 Å². The molecule has 2 amide bonds. The van der Waals surface area contributed by atoms with E-state index in [2.05, 4.69) is 26.1 Å². The van der Waals surface area contributed by atoms with Crippen molar-refractivity contribution in [2.75, 3.05) is 37.7 Å². The number of pyridine rings is 1. The Morgan fingerprint density at radius 3 is 2.49 bits per heavy atom. The van der Waals surface area contributed by atoms with Crippen molar-refractivity contribution in [1.82, 2.24) is 25.2 Å². The van der Waals surface area contributed by atoms with Crippen molar-refractivity contribution in [3.63, 3.8) is 0 Å². The standard InChI is InChI=1S/C33H29FN6O3/c1-2-19-7-3-8-20-9-4-10-21(25(19)20)27-26(34)28-22(15-35-27)29(39-16-23-24(17-39)31(42)38-30(23)41)37-32(36-28)43-18-33-11-5-13-40(33)14-6-12-33/h1,3-4,7-10,15,23-24H,5-6,11-14,16-18H2,(H,38,41,42)/t23-,24+. The van der Waals surface area contributed by atoms with Gasteiger partial charge in [-0.2, -0.15) is 9.97 Å². The lowest BCUT2D eigenvalue weighted by molar-refractivity contribution is -0.126. The van der Waals surface area contributed by atoms with Crippen LogP contribution in [0.2, 0.25) is 0 Å². The zero-order valence-electron chi connectivity index (χ0n) is 23.5. The van der Waals surface area contributed by atoms with E-state index in [9.17, 15) is 9.59 Å². The van der Waals surface area contributed by atoms with Crippen LogP contribution >= 0.6 is 0 Å². The molecule has 1 N–H and O–H groups in total. The third kappa shape index (κ3) is 3.98. The predicted octanol–water partition coefficient (Wildman–Crippen LogP) is 3.68. The SMILES string of the molecule is C#Cc1cccc2cccc(-c3ncc4c(N5C[C@@H]6C(=O)NC(=O)[C@@H]6C5)nc(OCC56CCCN5CCC6)nc4c3F)c12. The number of nitrogens with zero attached hydrogens (tertiary/aromatic N) is 5. The molecule has 10 heteroatoms. The molecule has 9 nitrogen and oxygen atoms in total. The lowest BCUT2D eigenvalue weighted by Gasteiger charge is -2.31. The van der Waals surface area contributed by atoms with Crippen LogP contribution in [0.4, 0.5) is 10.2 Å². The summed E-state index contributed by atoms with van der Waals surface area (Å²) in [5, 5.41) is 4.42. The van der Waals surface area contributed by atoms with Crippen LogP contribution in [-0.2, 0) is 9.59 Å². The Labute approximate surface area is 247 Å². The van der Waals surface area contributed by atoms with E-state index in [0.29, 0.717) is 28.9 Å². The normalized spacial score (nSPS) is 22.7. The van der Waals surface area contributed by atoms with Crippen molar-refractivity contribution < 1.29 is 18.7 Å². The second-order valence-corrected chi connectivity index (χ2v) is 12.0. The summed E-state index contributed by atoms with van der Waals surface area (Å²) in [6, 6.07) is 11.3. The van der Waals surface area contributed by atoms with Crippen LogP contribution < -0.4 is 15.0 Å². The number of imide groups is 1. The number of halogens is 1. The van der Waals surface area contributed by atoms with Crippen LogP contribution in [0.1, 0.15) is 31.2 Å². The summed E-state index contributed by atoms with van der Waals surface area (Å²) < 4.78 is 23.0. The van der Waals surface area contributed by atoms with Crippen molar-refractivity contribution in [3.8, 4) is 29.6 Å². The smallest absolute Gasteiger partial charge is 0.319 e. The molecule has 0 spiro atoms. The Hall–Kier alpha value is -4.62. The highest BCUT2D eigenvalue weighted by Crippen LogP contribution is 2.41. The van der Waals surface area contributed by atoms with Gasteiger partial charge in [0.1, 0.15) is 23.6 Å². The molecule has 2 aromatic carbocycles. The molecule has 8 rings (SSSR count). The average Bonchev–Trinajstić information content (AvgIpc) is 3.78. The number of amides is 2. The number of nitrogens with one attached hydrogen (secondary N) is 1. The van der Waals surface area contributed by atoms with Crippen molar-refractivity contribution in [2.45, 2.75) is 31.2 Å². The van der Waals surface area contributed by atoms with Gasteiger partial charge >= 0.3 is 6.01 Å². The highest BCUT2D eigenvalue weighted by molar-refractivity contribution is 6.07. The molecule has 4 aliphatic heterocycles. The summed E-state index contributed by atoms with van der Waals surface area (Å²) in [6.45, 7) is 3.08. The van der Waals surface area contributed by atoms with Gasteiger partial charge in [0.05, 0.1) is 22.8 Å². The number of benzene rings is 2. The van der Waals surface area contributed by atoms with E-state index in [1.54, 1.807) is 12.3 Å². The van der Waals surface area contributed by atoms with Gasteiger partial charge in [0.25, 0.3) is 0 Å². The zero-order chi connectivity index (χ0) is 29.3. The number of aromatic nitrogens is 3. The summed E-state index contributed by atoms with van der Waals surface area (Å²) >= 11 is 0. The number of fused-ring (bicyclic) bond motifs is 4. The molecular weight excluding hydrogens is 547 g/mol. The largest absolute Gasteiger partial charge is 0.461 e. The molecule has 0 bridgehead atoms. The van der Waals surface area contributed by atoms with Crippen LogP contribution in [0, 0.1) is 30.0 Å². The Kier molecular flexibility index (Phi) is 5.88. The van der Waals surface area contributed by atoms with E-state index in [1.165, 1.54) is 0 Å². The van der Waals surface area contributed by atoms with Gasteiger partial charge in [-0.25, -0.2) is 4.39 Å². The van der Waals surface area contributed by atoms with Crippen LogP contribution in [-0.4, -0.2) is 70.0 Å². The summed E-state index contributed by atoms with van der Waals surface area (Å²) in [6.07, 6.45) is 11.7. The lowest BCUT2D eigenvalue weighted by atomic mass is 9.95. The molecule has 4 saturated heterocycles. The Morgan fingerprint density at radius 1 is 1.05 bits per heavy atom. The van der Waals surface area contributed by atoms with Crippen LogP contribution in [0.15, 0.2) is 42.6 Å². The molecule has 2 atom stereocenters. The minimum atomic E-state index is -0.611. The second-order valence-electron chi connectivity index (χ2n) is 12.0. The van der Waals surface area contributed by atoms with Gasteiger partial charge in [0.15, 0.2) is 5.82 Å². The molecule has 0 unspecified atom stereocenters. The Morgan fingerprint density at radius 2 is 1.77 bits per heavy atom. The van der Waals surface area contributed by atoms with Crippen LogP contribution in [0.5, 0.6) is 6.01 Å². The first-order valence-corrected chi connectivity index (χ1v) is 14.8. The van der Waals surface area contributed by atoms with Crippen molar-refractivity contribution >= 4 is 39.3 Å². The Balaban J connectivity index is 1.26. The number of carbonyl (C=O) groups is 2. The second kappa shape index (κ2) is 9.71. The fourth-order valence-corrected chi connectivity index (χ4v) is 7.65. The number of hydrogen-bond acceptors (Lipinski definition) is 8. The molecule has 43 heavy (non-hydrogen) atoms. The number of anilines is 1. The minimum absolute atomic E-state index is 0.0514. The van der Waals surface area contributed by atoms with Gasteiger partial charge in [0.2, 0.25) is 11.8 Å². The minimum Gasteiger partial charge on any atom is -0.461 e. The highest BCUT2D eigenvalue weighted by atomic mass is 19.1. The zero-order valence-corrected chi connectivity index (χ0v) is 23.5. The third-order valence-corrected chi connectivity index (χ3v) is 9.78. The van der Waals surface area contributed by atoms with Crippen LogP contribution in [0.25, 0.3) is 32.9 Å². The summed E-state index contributed by atoms with van der Waals surface area (Å²) in [7, 11) is 0. The van der Waals surface area contributed by atoms with Crippen molar-refractivity contribution in [1.29, 1.82) is 0 Å². The molecule has 4 aliphatic rings. The number of ether oxygens (including phenoxy) is 1. The van der Waals surface area contributed by atoms with Crippen molar-refractivity contribution in [2.24, 2.45) is 11.8 Å². The van der Waals surface area contributed by atoms with Gasteiger partial charge in [-0.3, -0.25) is 24.8 Å². The average molecular weight is 577 g/mol. The monoisotopic (exact) mass is 576 g/mol. The molecule has 0 aliphatic carbocycles. The maximum Gasteiger partial charge on any atom is 0.319 e. The first-order valence-electron chi connectivity index (χ1n) is 14.8. The molecule has 4 fully saturated rings. The first kappa shape index (κ1) is 26.0. The van der Waals surface area contributed by atoms with E-state index in [4.69, 9.17) is 16.1 Å². The highest BCUT2D eigenvalue weighted by Gasteiger charge is 2.49. The maximum absolute atomic E-state index is 16.7. The van der Waals surface area contributed by atoms with Gasteiger partial charge in [-0.15, -0.1) is 6.42 Å². The van der Waals surface area contributed by atoms with Gasteiger partial charge < -0.3 is 9.64 Å². The lowest BCUT2D eigenvalue weighted by Crippen LogP contribution is -2.43. The van der Waals surface area contributed by atoms with Crippen molar-refractivity contribution in [3.05, 3.63) is 54.0 Å². The van der Waals surface area contributed by atoms with E-state index >= 15 is 4.39 Å². The summed E-state index contributed by atoms with van der Waals surface area (Å²) in [5.74, 6) is 0.955. The number of carbonyl (C=O) groups excluding carboxylic acids is 2. The maximum atomic E-state index is 16.7. The Bertz CT molecular complexity index is 1850. The molecule has 6 heterocycles. The number of rotatable bonds is 5. The van der Waals surface area contributed by atoms with Gasteiger partial charge in [-0.05, 0) is 50.2 Å². The van der Waals surface area contributed by atoms with E-state index in [-0.39, 0.29) is 47.7 Å². The molecule has 2 aromatic heterocycles. The fourth-order valence-electron chi connectivity index (χ4n) is 7.65.